The number of benzene rings is 4. The monoisotopic (exact) mass is 529 g/mol. The number of hydrogen-bond donors (Lipinski definition) is 2. The van der Waals surface area contributed by atoms with Crippen LogP contribution in [-0.2, 0) is 11.2 Å². The van der Waals surface area contributed by atoms with Gasteiger partial charge in [-0.1, -0.05) is 92.2 Å². The van der Waals surface area contributed by atoms with Crippen LogP contribution in [0.4, 0.5) is 5.69 Å². The molecule has 1 saturated heterocycles. The first kappa shape index (κ1) is 26.0. The van der Waals surface area contributed by atoms with Crippen molar-refractivity contribution < 1.29 is 9.59 Å². The van der Waals surface area contributed by atoms with E-state index >= 15 is 0 Å². The fourth-order valence-corrected chi connectivity index (χ4v) is 6.61. The molecule has 2 unspecified atom stereocenters. The van der Waals surface area contributed by atoms with E-state index in [-0.39, 0.29) is 17.9 Å². The summed E-state index contributed by atoms with van der Waals surface area (Å²) >= 11 is 0. The Morgan fingerprint density at radius 3 is 2.27 bits per heavy atom. The fraction of sp³-hybridized carbons (Fsp3) is 0.257. The van der Waals surface area contributed by atoms with Gasteiger partial charge in [-0.25, -0.2) is 0 Å². The predicted octanol–water partition coefficient (Wildman–Crippen LogP) is 6.41. The van der Waals surface area contributed by atoms with Gasteiger partial charge in [-0.2, -0.15) is 0 Å². The first-order valence-corrected chi connectivity index (χ1v) is 14.3. The zero-order valence-corrected chi connectivity index (χ0v) is 22.9. The number of nitrogens with two attached hydrogens (primary N) is 2. The number of hydrogen-bond acceptors (Lipinski definition) is 4. The lowest BCUT2D eigenvalue weighted by Gasteiger charge is -2.31. The Balaban J connectivity index is 1.65. The third kappa shape index (κ3) is 4.31. The van der Waals surface area contributed by atoms with E-state index in [0.29, 0.717) is 11.1 Å². The number of nitrogens with zero attached hydrogens (tertiary/aromatic N) is 1. The maximum atomic E-state index is 14.7. The van der Waals surface area contributed by atoms with Gasteiger partial charge in [-0.15, -0.1) is 0 Å². The van der Waals surface area contributed by atoms with E-state index in [1.165, 1.54) is 0 Å². The fourth-order valence-electron chi connectivity index (χ4n) is 6.61. The normalized spacial score (nSPS) is 17.5. The van der Waals surface area contributed by atoms with Crippen LogP contribution in [0.3, 0.4) is 0 Å². The molecule has 1 fully saturated rings. The van der Waals surface area contributed by atoms with Crippen LogP contribution in [0.1, 0.15) is 71.1 Å². The highest BCUT2D eigenvalue weighted by molar-refractivity contribution is 6.17. The van der Waals surface area contributed by atoms with Gasteiger partial charge in [0.2, 0.25) is 5.91 Å². The molecule has 40 heavy (non-hydrogen) atoms. The van der Waals surface area contributed by atoms with Crippen molar-refractivity contribution in [1.82, 2.24) is 0 Å². The summed E-state index contributed by atoms with van der Waals surface area (Å²) in [5.41, 5.74) is 21.6. The summed E-state index contributed by atoms with van der Waals surface area (Å²) in [6, 6.07) is 27.8. The molecule has 0 spiro atoms. The van der Waals surface area contributed by atoms with E-state index < -0.39 is 5.92 Å². The zero-order chi connectivity index (χ0) is 27.8. The van der Waals surface area contributed by atoms with E-state index in [1.807, 2.05) is 84.9 Å². The first-order valence-electron chi connectivity index (χ1n) is 14.3. The van der Waals surface area contributed by atoms with Crippen molar-refractivity contribution >= 4 is 17.4 Å². The van der Waals surface area contributed by atoms with Crippen LogP contribution in [-0.4, -0.2) is 24.4 Å². The van der Waals surface area contributed by atoms with E-state index in [0.717, 1.165) is 83.3 Å². The minimum atomic E-state index is -0.545. The molecule has 4 aromatic rings. The molecule has 1 aliphatic heterocycles. The second-order valence-electron chi connectivity index (χ2n) is 10.9. The second kappa shape index (κ2) is 10.7. The van der Waals surface area contributed by atoms with Gasteiger partial charge in [0.1, 0.15) is 0 Å². The van der Waals surface area contributed by atoms with Gasteiger partial charge in [0, 0.05) is 17.7 Å². The molecule has 1 aliphatic carbocycles. The van der Waals surface area contributed by atoms with E-state index in [4.69, 9.17) is 11.5 Å². The van der Waals surface area contributed by atoms with Crippen molar-refractivity contribution in [3.8, 4) is 22.3 Å². The number of anilines is 1. The van der Waals surface area contributed by atoms with Gasteiger partial charge in [-0.05, 0) is 70.7 Å². The molecular weight excluding hydrogens is 494 g/mol. The number of carbonyl (C=O) groups excluding carboxylic acids is 2. The summed E-state index contributed by atoms with van der Waals surface area (Å²) in [6.45, 7) is 2.93. The molecule has 1 heterocycles. The van der Waals surface area contributed by atoms with Gasteiger partial charge < -0.3 is 16.4 Å². The number of primary amides is 1. The van der Waals surface area contributed by atoms with Crippen molar-refractivity contribution in [2.24, 2.45) is 11.5 Å². The van der Waals surface area contributed by atoms with Crippen LogP contribution < -0.4 is 16.4 Å². The van der Waals surface area contributed by atoms with E-state index in [2.05, 4.69) is 11.8 Å². The Morgan fingerprint density at radius 2 is 1.57 bits per heavy atom. The lowest BCUT2D eigenvalue weighted by atomic mass is 9.84. The Hall–Kier alpha value is -4.22. The van der Waals surface area contributed by atoms with Gasteiger partial charge in [0.25, 0.3) is 0 Å². The largest absolute Gasteiger partial charge is 0.369 e. The molecule has 2 aliphatic rings. The smallest absolute Gasteiger partial charge is 0.229 e. The van der Waals surface area contributed by atoms with Crippen LogP contribution in [0, 0.1) is 0 Å². The highest BCUT2D eigenvalue weighted by atomic mass is 16.1. The SMILES string of the molecule is CCCCc1c2c(cc(C(=O)c3ccccc3-c3ccccc3)c1N1CCCC1N)-c1ccccc1C2C(N)=O. The third-order valence-electron chi connectivity index (χ3n) is 8.45. The van der Waals surface area contributed by atoms with Crippen molar-refractivity contribution in [2.45, 2.75) is 51.1 Å². The summed E-state index contributed by atoms with van der Waals surface area (Å²) in [6.07, 6.45) is 4.30. The summed E-state index contributed by atoms with van der Waals surface area (Å²) in [5, 5.41) is 0. The minimum Gasteiger partial charge on any atom is -0.369 e. The summed E-state index contributed by atoms with van der Waals surface area (Å²) in [5.74, 6) is -0.945. The maximum absolute atomic E-state index is 14.7. The molecule has 0 saturated carbocycles. The van der Waals surface area contributed by atoms with Gasteiger partial charge >= 0.3 is 0 Å². The van der Waals surface area contributed by atoms with Crippen LogP contribution in [0.2, 0.25) is 0 Å². The summed E-state index contributed by atoms with van der Waals surface area (Å²) in [7, 11) is 0. The van der Waals surface area contributed by atoms with Crippen molar-refractivity contribution in [1.29, 1.82) is 0 Å². The van der Waals surface area contributed by atoms with Crippen molar-refractivity contribution in [3.63, 3.8) is 0 Å². The quantitative estimate of drug-likeness (QED) is 0.258. The molecule has 4 aromatic carbocycles. The lowest BCUT2D eigenvalue weighted by Crippen LogP contribution is -2.38. The summed E-state index contributed by atoms with van der Waals surface area (Å²) < 4.78 is 0. The molecule has 2 atom stereocenters. The average Bonchev–Trinajstić information content (AvgIpc) is 3.56. The van der Waals surface area contributed by atoms with Gasteiger partial charge in [-0.3, -0.25) is 9.59 Å². The molecule has 202 valence electrons. The molecule has 1 amide bonds. The Morgan fingerprint density at radius 1 is 0.875 bits per heavy atom. The van der Waals surface area contributed by atoms with Gasteiger partial charge in [0.15, 0.2) is 5.78 Å². The highest BCUT2D eigenvalue weighted by Crippen LogP contribution is 2.51. The first-order chi connectivity index (χ1) is 19.5. The Kier molecular flexibility index (Phi) is 6.99. The molecule has 5 nitrogen and oxygen atoms in total. The van der Waals surface area contributed by atoms with E-state index in [9.17, 15) is 9.59 Å². The lowest BCUT2D eigenvalue weighted by molar-refractivity contribution is -0.118. The standard InChI is InChI=1S/C35H35N3O2/c1-2-3-14-27-31-28(24-16-8-9-17-25(24)32(31)35(37)40)21-29(33(27)38-20-11-19-30(38)36)34(39)26-18-10-7-15-23(26)22-12-5-4-6-13-22/h4-10,12-13,15-18,21,30,32H,2-3,11,14,19-20,36H2,1H3,(H2,37,40). The highest BCUT2D eigenvalue weighted by Gasteiger charge is 2.39. The van der Waals surface area contributed by atoms with E-state index in [1.54, 1.807) is 0 Å². The number of carbonyl (C=O) groups is 2. The van der Waals surface area contributed by atoms with Crippen LogP contribution in [0.25, 0.3) is 22.3 Å². The van der Waals surface area contributed by atoms with Crippen molar-refractivity contribution in [2.75, 3.05) is 11.4 Å². The number of fused-ring (bicyclic) bond motifs is 3. The number of unbranched alkanes of at least 4 members (excludes halogenated alkanes) is 1. The average molecular weight is 530 g/mol. The maximum Gasteiger partial charge on any atom is 0.229 e. The van der Waals surface area contributed by atoms with Crippen LogP contribution >= 0.6 is 0 Å². The number of ketones is 1. The topological polar surface area (TPSA) is 89.4 Å². The molecule has 6 rings (SSSR count). The third-order valence-corrected chi connectivity index (χ3v) is 8.45. The van der Waals surface area contributed by atoms with Crippen molar-refractivity contribution in [3.05, 3.63) is 113 Å². The van der Waals surface area contributed by atoms with Crippen LogP contribution in [0.15, 0.2) is 84.9 Å². The number of amides is 1. The molecular formula is C35H35N3O2. The second-order valence-corrected chi connectivity index (χ2v) is 10.9. The Labute approximate surface area is 235 Å². The molecule has 0 aromatic heterocycles. The molecule has 5 heteroatoms. The van der Waals surface area contributed by atoms with Crippen LogP contribution in [0.5, 0.6) is 0 Å². The number of rotatable bonds is 8. The summed E-state index contributed by atoms with van der Waals surface area (Å²) in [4.78, 5) is 29.9. The Bertz CT molecular complexity index is 1590. The minimum absolute atomic E-state index is 0.0332. The molecule has 0 radical (unpaired) electrons. The zero-order valence-electron chi connectivity index (χ0n) is 22.9. The predicted molar refractivity (Wildman–Crippen MR) is 161 cm³/mol. The molecule has 0 bridgehead atoms. The molecule has 4 N–H and O–H groups in total. The van der Waals surface area contributed by atoms with Gasteiger partial charge in [0.05, 0.1) is 17.8 Å².